The van der Waals surface area contributed by atoms with E-state index in [0.29, 0.717) is 25.6 Å². The molecule has 0 aromatic rings. The molecule has 20 heavy (non-hydrogen) atoms. The van der Waals surface area contributed by atoms with E-state index in [9.17, 15) is 14.4 Å². The fourth-order valence-electron chi connectivity index (χ4n) is 2.28. The first-order chi connectivity index (χ1) is 9.40. The van der Waals surface area contributed by atoms with E-state index in [-0.39, 0.29) is 24.7 Å². The highest BCUT2D eigenvalue weighted by Gasteiger charge is 2.26. The zero-order valence-corrected chi connectivity index (χ0v) is 11.8. The van der Waals surface area contributed by atoms with E-state index in [1.165, 1.54) is 6.92 Å². The third-order valence-corrected chi connectivity index (χ3v) is 3.55. The number of likely N-dealkylation sites (tertiary alicyclic amines) is 1. The molecule has 0 spiro atoms. The molecule has 2 amide bonds. The number of carboxylic acid groups (broad SMARTS) is 1. The SMILES string of the molecule is CC(=O)NCC1CCN(C(=O)C(N)CCC(=O)O)CC1. The summed E-state index contributed by atoms with van der Waals surface area (Å²) in [5.41, 5.74) is 5.72. The maximum atomic E-state index is 12.0. The number of nitrogens with one attached hydrogen (secondary N) is 1. The third-order valence-electron chi connectivity index (χ3n) is 3.55. The van der Waals surface area contributed by atoms with Crippen LogP contribution in [0.3, 0.4) is 0 Å². The van der Waals surface area contributed by atoms with Crippen LogP contribution in [0.1, 0.15) is 32.6 Å². The molecule has 1 atom stereocenters. The lowest BCUT2D eigenvalue weighted by Crippen LogP contribution is -2.48. The smallest absolute Gasteiger partial charge is 0.303 e. The van der Waals surface area contributed by atoms with Crippen molar-refractivity contribution < 1.29 is 19.5 Å². The van der Waals surface area contributed by atoms with Crippen molar-refractivity contribution in [1.29, 1.82) is 0 Å². The summed E-state index contributed by atoms with van der Waals surface area (Å²) in [6.45, 7) is 3.36. The highest BCUT2D eigenvalue weighted by Crippen LogP contribution is 2.17. The van der Waals surface area contributed by atoms with E-state index in [0.717, 1.165) is 12.8 Å². The Hall–Kier alpha value is -1.63. The predicted octanol–water partition coefficient (Wildman–Crippen LogP) is -0.447. The average molecular weight is 285 g/mol. The van der Waals surface area contributed by atoms with Crippen LogP contribution in [-0.4, -0.2) is 53.5 Å². The number of piperidine rings is 1. The van der Waals surface area contributed by atoms with Gasteiger partial charge in [0.05, 0.1) is 6.04 Å². The summed E-state index contributed by atoms with van der Waals surface area (Å²) in [4.78, 5) is 35.0. The quantitative estimate of drug-likeness (QED) is 0.612. The molecule has 1 aliphatic heterocycles. The number of rotatable bonds is 6. The third kappa shape index (κ3) is 5.56. The Balaban J connectivity index is 2.31. The van der Waals surface area contributed by atoms with Crippen molar-refractivity contribution >= 4 is 17.8 Å². The van der Waals surface area contributed by atoms with Crippen molar-refractivity contribution in [2.24, 2.45) is 11.7 Å². The van der Waals surface area contributed by atoms with Crippen molar-refractivity contribution in [3.05, 3.63) is 0 Å². The summed E-state index contributed by atoms with van der Waals surface area (Å²) in [6.07, 6.45) is 1.74. The first-order valence-electron chi connectivity index (χ1n) is 6.90. The first-order valence-corrected chi connectivity index (χ1v) is 6.90. The summed E-state index contributed by atoms with van der Waals surface area (Å²) < 4.78 is 0. The Morgan fingerprint density at radius 1 is 1.35 bits per heavy atom. The van der Waals surface area contributed by atoms with E-state index in [4.69, 9.17) is 10.8 Å². The van der Waals surface area contributed by atoms with Gasteiger partial charge in [0, 0.05) is 33.0 Å². The highest BCUT2D eigenvalue weighted by atomic mass is 16.4. The number of amides is 2. The van der Waals surface area contributed by atoms with E-state index in [1.807, 2.05) is 0 Å². The molecule has 7 nitrogen and oxygen atoms in total. The zero-order chi connectivity index (χ0) is 15.1. The van der Waals surface area contributed by atoms with Gasteiger partial charge >= 0.3 is 5.97 Å². The fourth-order valence-corrected chi connectivity index (χ4v) is 2.28. The molecule has 1 unspecified atom stereocenters. The number of carboxylic acids is 1. The van der Waals surface area contributed by atoms with E-state index in [1.54, 1.807) is 4.90 Å². The van der Waals surface area contributed by atoms with Gasteiger partial charge in [-0.25, -0.2) is 0 Å². The number of hydrogen-bond donors (Lipinski definition) is 3. The number of carbonyl (C=O) groups is 3. The predicted molar refractivity (Wildman–Crippen MR) is 72.8 cm³/mol. The average Bonchev–Trinajstić information content (AvgIpc) is 2.42. The molecule has 0 radical (unpaired) electrons. The zero-order valence-electron chi connectivity index (χ0n) is 11.8. The van der Waals surface area contributed by atoms with Crippen LogP contribution in [0.4, 0.5) is 0 Å². The highest BCUT2D eigenvalue weighted by molar-refractivity contribution is 5.82. The van der Waals surface area contributed by atoms with Gasteiger partial charge in [0.15, 0.2) is 0 Å². The van der Waals surface area contributed by atoms with Crippen LogP contribution in [0.5, 0.6) is 0 Å². The van der Waals surface area contributed by atoms with Crippen LogP contribution in [-0.2, 0) is 14.4 Å². The van der Waals surface area contributed by atoms with Gasteiger partial charge in [-0.05, 0) is 25.2 Å². The van der Waals surface area contributed by atoms with Gasteiger partial charge in [0.25, 0.3) is 0 Å². The molecule has 1 heterocycles. The molecule has 1 fully saturated rings. The second kappa shape index (κ2) is 7.84. The number of carbonyl (C=O) groups excluding carboxylic acids is 2. The molecule has 0 aromatic carbocycles. The summed E-state index contributed by atoms with van der Waals surface area (Å²) in [5, 5.41) is 11.4. The van der Waals surface area contributed by atoms with Crippen LogP contribution in [0.15, 0.2) is 0 Å². The topological polar surface area (TPSA) is 113 Å². The van der Waals surface area contributed by atoms with Crippen LogP contribution >= 0.6 is 0 Å². The first kappa shape index (κ1) is 16.4. The Labute approximate surface area is 118 Å². The van der Waals surface area contributed by atoms with Gasteiger partial charge < -0.3 is 21.1 Å². The maximum Gasteiger partial charge on any atom is 0.303 e. The summed E-state index contributed by atoms with van der Waals surface area (Å²) >= 11 is 0. The Morgan fingerprint density at radius 2 is 1.95 bits per heavy atom. The monoisotopic (exact) mass is 285 g/mol. The summed E-state index contributed by atoms with van der Waals surface area (Å²) in [6, 6.07) is -0.738. The molecule has 0 aliphatic carbocycles. The van der Waals surface area contributed by atoms with Gasteiger partial charge in [0.1, 0.15) is 0 Å². The van der Waals surface area contributed by atoms with Crippen LogP contribution in [0.25, 0.3) is 0 Å². The Kier molecular flexibility index (Phi) is 6.44. The normalized spacial score (nSPS) is 17.6. The molecule has 0 bridgehead atoms. The minimum absolute atomic E-state index is 0.0424. The summed E-state index contributed by atoms with van der Waals surface area (Å²) in [7, 11) is 0. The number of hydrogen-bond acceptors (Lipinski definition) is 4. The van der Waals surface area contributed by atoms with Gasteiger partial charge in [0.2, 0.25) is 11.8 Å². The molecular weight excluding hydrogens is 262 g/mol. The van der Waals surface area contributed by atoms with E-state index in [2.05, 4.69) is 5.32 Å². The van der Waals surface area contributed by atoms with Gasteiger partial charge in [-0.15, -0.1) is 0 Å². The van der Waals surface area contributed by atoms with Gasteiger partial charge in [-0.3, -0.25) is 14.4 Å². The second-order valence-corrected chi connectivity index (χ2v) is 5.24. The Bertz CT molecular complexity index is 365. The standard InChI is InChI=1S/C13H23N3O4/c1-9(17)15-8-10-4-6-16(7-5-10)13(20)11(14)2-3-12(18)19/h10-11H,2-8,14H2,1H3,(H,15,17)(H,18,19). The Morgan fingerprint density at radius 3 is 2.45 bits per heavy atom. The van der Waals surface area contributed by atoms with Gasteiger partial charge in [-0.2, -0.15) is 0 Å². The minimum Gasteiger partial charge on any atom is -0.481 e. The number of nitrogens with two attached hydrogens (primary N) is 1. The molecule has 4 N–H and O–H groups in total. The van der Waals surface area contributed by atoms with Gasteiger partial charge in [-0.1, -0.05) is 0 Å². The van der Waals surface area contributed by atoms with E-state index < -0.39 is 12.0 Å². The minimum atomic E-state index is -0.942. The van der Waals surface area contributed by atoms with Crippen LogP contribution in [0.2, 0.25) is 0 Å². The van der Waals surface area contributed by atoms with Crippen molar-refractivity contribution in [2.75, 3.05) is 19.6 Å². The molecular formula is C13H23N3O4. The van der Waals surface area contributed by atoms with E-state index >= 15 is 0 Å². The lowest BCUT2D eigenvalue weighted by atomic mass is 9.96. The summed E-state index contributed by atoms with van der Waals surface area (Å²) in [5.74, 6) is -0.774. The van der Waals surface area contributed by atoms with Crippen molar-refractivity contribution in [3.63, 3.8) is 0 Å². The largest absolute Gasteiger partial charge is 0.481 e. The van der Waals surface area contributed by atoms with Crippen molar-refractivity contribution in [2.45, 2.75) is 38.6 Å². The molecule has 7 heteroatoms. The second-order valence-electron chi connectivity index (χ2n) is 5.24. The molecule has 0 saturated carbocycles. The van der Waals surface area contributed by atoms with Crippen molar-refractivity contribution in [3.8, 4) is 0 Å². The maximum absolute atomic E-state index is 12.0. The van der Waals surface area contributed by atoms with Crippen LogP contribution < -0.4 is 11.1 Å². The number of nitrogens with zero attached hydrogens (tertiary/aromatic N) is 1. The molecule has 1 saturated heterocycles. The molecule has 114 valence electrons. The fraction of sp³-hybridized carbons (Fsp3) is 0.769. The lowest BCUT2D eigenvalue weighted by molar-refractivity contribution is -0.138. The molecule has 0 aromatic heterocycles. The molecule has 1 rings (SSSR count). The lowest BCUT2D eigenvalue weighted by Gasteiger charge is -2.33. The molecule has 1 aliphatic rings. The van der Waals surface area contributed by atoms with Crippen LogP contribution in [0, 0.1) is 5.92 Å². The van der Waals surface area contributed by atoms with Crippen molar-refractivity contribution in [1.82, 2.24) is 10.2 Å². The number of aliphatic carboxylic acids is 1.